The second-order valence-electron chi connectivity index (χ2n) is 6.43. The first-order valence-corrected chi connectivity index (χ1v) is 10.2. The number of hydrogen-bond acceptors (Lipinski definition) is 5. The van der Waals surface area contributed by atoms with Crippen LogP contribution < -0.4 is 10.9 Å². The molecule has 0 aliphatic heterocycles. The number of nitrogens with zero attached hydrogens (tertiary/aromatic N) is 3. The van der Waals surface area contributed by atoms with Crippen molar-refractivity contribution in [1.29, 1.82) is 0 Å². The van der Waals surface area contributed by atoms with Crippen LogP contribution in [0.3, 0.4) is 0 Å². The van der Waals surface area contributed by atoms with Gasteiger partial charge in [0.2, 0.25) is 0 Å². The lowest BCUT2D eigenvalue weighted by Gasteiger charge is -2.09. The molecule has 0 spiro atoms. The van der Waals surface area contributed by atoms with E-state index in [4.69, 9.17) is 0 Å². The van der Waals surface area contributed by atoms with Crippen LogP contribution >= 0.6 is 11.8 Å². The third-order valence-corrected chi connectivity index (χ3v) is 5.30. The van der Waals surface area contributed by atoms with Crippen LogP contribution in [0.1, 0.15) is 10.4 Å². The quantitative estimate of drug-likeness (QED) is 0.523. The van der Waals surface area contributed by atoms with Crippen molar-refractivity contribution in [2.45, 2.75) is 4.90 Å². The molecule has 4 rings (SSSR count). The van der Waals surface area contributed by atoms with Crippen molar-refractivity contribution >= 4 is 34.5 Å². The van der Waals surface area contributed by atoms with Crippen molar-refractivity contribution < 1.29 is 4.79 Å². The van der Waals surface area contributed by atoms with E-state index in [1.165, 1.54) is 4.57 Å². The SMILES string of the molecule is CSc1cccc(NC(=O)c2ccc(-c3nc4cccnc4n(C)c3=O)cc2)c1. The standard InChI is InChI=1S/C22H18N4O2S/c1-26-20-18(7-4-12-23-20)25-19(22(26)28)14-8-10-15(11-9-14)21(27)24-16-5-3-6-17(13-16)29-2/h3-13H,1-2H3,(H,24,27). The Morgan fingerprint density at radius 2 is 1.86 bits per heavy atom. The molecule has 0 bridgehead atoms. The largest absolute Gasteiger partial charge is 0.322 e. The van der Waals surface area contributed by atoms with Gasteiger partial charge in [0.15, 0.2) is 5.65 Å². The first-order chi connectivity index (χ1) is 14.1. The van der Waals surface area contributed by atoms with Gasteiger partial charge < -0.3 is 5.32 Å². The van der Waals surface area contributed by atoms with E-state index in [9.17, 15) is 9.59 Å². The van der Waals surface area contributed by atoms with Gasteiger partial charge in [-0.2, -0.15) is 0 Å². The number of rotatable bonds is 4. The van der Waals surface area contributed by atoms with Crippen molar-refractivity contribution in [2.75, 3.05) is 11.6 Å². The maximum absolute atomic E-state index is 12.7. The summed E-state index contributed by atoms with van der Waals surface area (Å²) in [6, 6.07) is 18.1. The van der Waals surface area contributed by atoms with Gasteiger partial charge in [0.1, 0.15) is 11.2 Å². The van der Waals surface area contributed by atoms with Crippen LogP contribution in [0.2, 0.25) is 0 Å². The lowest BCUT2D eigenvalue weighted by molar-refractivity contribution is 0.102. The van der Waals surface area contributed by atoms with Gasteiger partial charge in [0.05, 0.1) is 0 Å². The van der Waals surface area contributed by atoms with E-state index < -0.39 is 0 Å². The molecule has 0 radical (unpaired) electrons. The number of carbonyl (C=O) groups is 1. The molecule has 0 atom stereocenters. The Bertz CT molecular complexity index is 1270. The number of thioether (sulfide) groups is 1. The number of aryl methyl sites for hydroxylation is 1. The van der Waals surface area contributed by atoms with E-state index in [2.05, 4.69) is 15.3 Å². The molecule has 144 valence electrons. The van der Waals surface area contributed by atoms with Crippen molar-refractivity contribution in [3.8, 4) is 11.3 Å². The number of aromatic nitrogens is 3. The molecule has 6 nitrogen and oxygen atoms in total. The zero-order valence-electron chi connectivity index (χ0n) is 15.9. The Morgan fingerprint density at radius 1 is 1.07 bits per heavy atom. The number of pyridine rings is 1. The summed E-state index contributed by atoms with van der Waals surface area (Å²) in [5, 5.41) is 2.89. The molecule has 0 saturated heterocycles. The second kappa shape index (κ2) is 7.89. The highest BCUT2D eigenvalue weighted by Crippen LogP contribution is 2.21. The maximum atomic E-state index is 12.7. The van der Waals surface area contributed by atoms with Crippen molar-refractivity contribution in [3.05, 3.63) is 82.8 Å². The summed E-state index contributed by atoms with van der Waals surface area (Å²) < 4.78 is 1.48. The van der Waals surface area contributed by atoms with E-state index in [0.29, 0.717) is 28.0 Å². The van der Waals surface area contributed by atoms with Gasteiger partial charge in [-0.1, -0.05) is 18.2 Å². The Labute approximate surface area is 171 Å². The smallest absolute Gasteiger partial charge is 0.278 e. The van der Waals surface area contributed by atoms with Crippen LogP contribution in [0.25, 0.3) is 22.4 Å². The molecule has 1 amide bonds. The number of carbonyl (C=O) groups excluding carboxylic acids is 1. The summed E-state index contributed by atoms with van der Waals surface area (Å²) in [6.07, 6.45) is 3.62. The van der Waals surface area contributed by atoms with Crippen LogP contribution in [0, 0.1) is 0 Å². The number of benzene rings is 2. The van der Waals surface area contributed by atoms with Crippen LogP contribution in [-0.2, 0) is 7.05 Å². The summed E-state index contributed by atoms with van der Waals surface area (Å²) in [5.74, 6) is -0.210. The average Bonchev–Trinajstić information content (AvgIpc) is 2.76. The van der Waals surface area contributed by atoms with E-state index in [1.54, 1.807) is 55.3 Å². The summed E-state index contributed by atoms with van der Waals surface area (Å²) in [5.41, 5.74) is 3.16. The monoisotopic (exact) mass is 402 g/mol. The molecule has 0 aliphatic rings. The molecular formula is C22H18N4O2S. The summed E-state index contributed by atoms with van der Waals surface area (Å²) in [4.78, 5) is 35.0. The predicted molar refractivity (Wildman–Crippen MR) is 116 cm³/mol. The van der Waals surface area contributed by atoms with Crippen LogP contribution in [0.15, 0.2) is 76.6 Å². The fourth-order valence-corrected chi connectivity index (χ4v) is 3.49. The van der Waals surface area contributed by atoms with Gasteiger partial charge in [-0.3, -0.25) is 14.2 Å². The normalized spacial score (nSPS) is 10.8. The third kappa shape index (κ3) is 3.77. The molecule has 4 aromatic rings. The summed E-state index contributed by atoms with van der Waals surface area (Å²) in [7, 11) is 1.67. The third-order valence-electron chi connectivity index (χ3n) is 4.57. The highest BCUT2D eigenvalue weighted by atomic mass is 32.2. The number of fused-ring (bicyclic) bond motifs is 1. The van der Waals surface area contributed by atoms with Gasteiger partial charge in [-0.15, -0.1) is 11.8 Å². The molecule has 2 heterocycles. The zero-order valence-corrected chi connectivity index (χ0v) is 16.7. The minimum Gasteiger partial charge on any atom is -0.322 e. The zero-order chi connectivity index (χ0) is 20.4. The van der Waals surface area contributed by atoms with Gasteiger partial charge in [-0.05, 0) is 48.7 Å². The minimum atomic E-state index is -0.234. The molecule has 0 saturated carbocycles. The Balaban J connectivity index is 1.62. The molecular weight excluding hydrogens is 384 g/mol. The van der Waals surface area contributed by atoms with E-state index in [1.807, 2.05) is 36.6 Å². The lowest BCUT2D eigenvalue weighted by Crippen LogP contribution is -2.21. The fourth-order valence-electron chi connectivity index (χ4n) is 3.03. The Kier molecular flexibility index (Phi) is 5.14. The van der Waals surface area contributed by atoms with Gasteiger partial charge >= 0.3 is 0 Å². The first kappa shape index (κ1) is 18.9. The molecule has 1 N–H and O–H groups in total. The molecule has 2 aromatic carbocycles. The van der Waals surface area contributed by atoms with E-state index in [-0.39, 0.29) is 11.5 Å². The van der Waals surface area contributed by atoms with Gasteiger partial charge in [0.25, 0.3) is 11.5 Å². The second-order valence-corrected chi connectivity index (χ2v) is 7.31. The summed E-state index contributed by atoms with van der Waals surface area (Å²) in [6.45, 7) is 0. The van der Waals surface area contributed by atoms with Crippen molar-refractivity contribution in [3.63, 3.8) is 0 Å². The highest BCUT2D eigenvalue weighted by molar-refractivity contribution is 7.98. The molecule has 0 fully saturated rings. The van der Waals surface area contributed by atoms with Crippen molar-refractivity contribution in [1.82, 2.24) is 14.5 Å². The molecule has 7 heteroatoms. The summed E-state index contributed by atoms with van der Waals surface area (Å²) >= 11 is 1.61. The Hall–Kier alpha value is -3.45. The molecule has 29 heavy (non-hydrogen) atoms. The lowest BCUT2D eigenvalue weighted by atomic mass is 10.1. The average molecular weight is 402 g/mol. The number of anilines is 1. The topological polar surface area (TPSA) is 76.9 Å². The number of nitrogens with one attached hydrogen (secondary N) is 1. The first-order valence-electron chi connectivity index (χ1n) is 8.94. The van der Waals surface area contributed by atoms with Gasteiger partial charge in [0, 0.05) is 35.0 Å². The number of amides is 1. The minimum absolute atomic E-state index is 0.210. The van der Waals surface area contributed by atoms with E-state index in [0.717, 1.165) is 10.6 Å². The number of hydrogen-bond donors (Lipinski definition) is 1. The van der Waals surface area contributed by atoms with Crippen LogP contribution in [0.4, 0.5) is 5.69 Å². The van der Waals surface area contributed by atoms with E-state index >= 15 is 0 Å². The highest BCUT2D eigenvalue weighted by Gasteiger charge is 2.13. The van der Waals surface area contributed by atoms with Crippen LogP contribution in [0.5, 0.6) is 0 Å². The molecule has 2 aromatic heterocycles. The predicted octanol–water partition coefficient (Wildman–Crippen LogP) is 3.97. The van der Waals surface area contributed by atoms with Crippen molar-refractivity contribution in [2.24, 2.45) is 7.05 Å². The van der Waals surface area contributed by atoms with Gasteiger partial charge in [-0.25, -0.2) is 9.97 Å². The molecule has 0 unspecified atom stereocenters. The maximum Gasteiger partial charge on any atom is 0.278 e. The fraction of sp³-hybridized carbons (Fsp3) is 0.0909. The molecule has 0 aliphatic carbocycles. The Morgan fingerprint density at radius 3 is 2.62 bits per heavy atom. The van der Waals surface area contributed by atoms with Crippen LogP contribution in [-0.4, -0.2) is 26.7 Å².